The van der Waals surface area contributed by atoms with Crippen LogP contribution in [-0.2, 0) is 14.9 Å². The lowest BCUT2D eigenvalue weighted by Gasteiger charge is -2.43. The third-order valence-corrected chi connectivity index (χ3v) is 7.56. The molecule has 0 heterocycles. The number of allylic oxidation sites excluding steroid dienone is 2. The van der Waals surface area contributed by atoms with Crippen LogP contribution in [0.25, 0.3) is 0 Å². The second kappa shape index (κ2) is 10.9. The van der Waals surface area contributed by atoms with Crippen LogP contribution >= 0.6 is 0 Å². The number of unbranched alkanes of at least 4 members (excludes halogenated alkanes) is 3. The molecule has 2 N–H and O–H groups in total. The van der Waals surface area contributed by atoms with Crippen molar-refractivity contribution in [1.82, 2.24) is 0 Å². The van der Waals surface area contributed by atoms with E-state index in [-0.39, 0.29) is 41.3 Å². The molecule has 0 spiro atoms. The van der Waals surface area contributed by atoms with E-state index >= 15 is 0 Å². The molecule has 1 saturated carbocycles. The Kier molecular flexibility index (Phi) is 8.24. The lowest BCUT2D eigenvalue weighted by molar-refractivity contribution is -0.140. The Balaban J connectivity index is 1.87. The minimum Gasteiger partial charge on any atom is -0.507 e. The van der Waals surface area contributed by atoms with Gasteiger partial charge in [-0.3, -0.25) is 4.79 Å². The minimum atomic E-state index is -0.317. The number of nitriles is 1. The van der Waals surface area contributed by atoms with Gasteiger partial charge in [0.1, 0.15) is 18.1 Å². The van der Waals surface area contributed by atoms with E-state index in [4.69, 9.17) is 10.00 Å². The SMILES string of the molecule is C=C(C)[C@H]1CCC(COC(C)=O)=C[C@@H]1c1c(O)cc(C2(CCCCCC#N)CCC2)cc1O. The number of ether oxygens (including phenoxy) is 1. The number of esters is 1. The predicted molar refractivity (Wildman–Crippen MR) is 129 cm³/mol. The molecule has 5 heteroatoms. The fourth-order valence-corrected chi connectivity index (χ4v) is 5.53. The third-order valence-electron chi connectivity index (χ3n) is 7.56. The summed E-state index contributed by atoms with van der Waals surface area (Å²) in [4.78, 5) is 11.3. The fourth-order valence-electron chi connectivity index (χ4n) is 5.53. The molecule has 2 aliphatic carbocycles. The smallest absolute Gasteiger partial charge is 0.302 e. The first-order valence-electron chi connectivity index (χ1n) is 12.2. The Morgan fingerprint density at radius 2 is 1.91 bits per heavy atom. The summed E-state index contributed by atoms with van der Waals surface area (Å²) in [6, 6.07) is 5.91. The highest BCUT2D eigenvalue weighted by Gasteiger charge is 2.40. The van der Waals surface area contributed by atoms with Crippen molar-refractivity contribution in [2.75, 3.05) is 6.61 Å². The summed E-state index contributed by atoms with van der Waals surface area (Å²) in [5, 5.41) is 31.0. The van der Waals surface area contributed by atoms with Crippen molar-refractivity contribution >= 4 is 5.97 Å². The highest BCUT2D eigenvalue weighted by molar-refractivity contribution is 5.66. The number of carbonyl (C=O) groups is 1. The summed E-state index contributed by atoms with van der Waals surface area (Å²) < 4.78 is 5.20. The normalized spacial score (nSPS) is 21.4. The van der Waals surface area contributed by atoms with E-state index in [1.54, 1.807) is 0 Å². The summed E-state index contributed by atoms with van der Waals surface area (Å²) >= 11 is 0. The number of phenols is 2. The molecule has 3 rings (SSSR count). The van der Waals surface area contributed by atoms with Gasteiger partial charge >= 0.3 is 5.97 Å². The van der Waals surface area contributed by atoms with Crippen molar-refractivity contribution in [2.45, 2.75) is 89.4 Å². The van der Waals surface area contributed by atoms with E-state index in [1.807, 2.05) is 25.1 Å². The number of nitrogens with zero attached hydrogens (tertiary/aromatic N) is 1. The Hall–Kier alpha value is -2.74. The summed E-state index contributed by atoms with van der Waals surface area (Å²) in [5.74, 6) is -0.169. The summed E-state index contributed by atoms with van der Waals surface area (Å²) in [6.07, 6.45) is 11.6. The topological polar surface area (TPSA) is 90.5 Å². The van der Waals surface area contributed by atoms with Gasteiger partial charge < -0.3 is 14.9 Å². The third kappa shape index (κ3) is 5.79. The standard InChI is InChI=1S/C28H37NO4/c1-19(2)23-10-9-21(18-33-20(3)30)15-24(23)27-25(31)16-22(17-26(27)32)28(12-8-13-28)11-6-4-5-7-14-29/h15-17,23-24,31-32H,1,4-13,18H2,2-3H3/t23-,24+/m1/s1. The molecule has 0 bridgehead atoms. The van der Waals surface area contributed by atoms with Crippen molar-refractivity contribution in [3.8, 4) is 17.6 Å². The van der Waals surface area contributed by atoms with Crippen LogP contribution in [0.4, 0.5) is 0 Å². The van der Waals surface area contributed by atoms with Gasteiger partial charge in [-0.15, -0.1) is 0 Å². The number of phenolic OH excluding ortho intramolecular Hbond substituents is 2. The van der Waals surface area contributed by atoms with Crippen LogP contribution < -0.4 is 0 Å². The maximum atomic E-state index is 11.3. The van der Waals surface area contributed by atoms with Crippen molar-refractivity contribution in [1.29, 1.82) is 5.26 Å². The zero-order valence-electron chi connectivity index (χ0n) is 20.0. The Morgan fingerprint density at radius 3 is 2.45 bits per heavy atom. The van der Waals surface area contributed by atoms with Gasteiger partial charge in [0.2, 0.25) is 0 Å². The van der Waals surface area contributed by atoms with E-state index in [2.05, 4.69) is 12.6 Å². The maximum absolute atomic E-state index is 11.3. The molecule has 1 aromatic carbocycles. The summed E-state index contributed by atoms with van der Waals surface area (Å²) in [6.45, 7) is 7.77. The molecule has 178 valence electrons. The average Bonchev–Trinajstić information content (AvgIpc) is 2.73. The number of carbonyl (C=O) groups excluding carboxylic acids is 1. The number of hydrogen-bond acceptors (Lipinski definition) is 5. The van der Waals surface area contributed by atoms with Crippen LogP contribution in [0.15, 0.2) is 35.9 Å². The molecule has 2 aliphatic rings. The molecule has 0 amide bonds. The lowest BCUT2D eigenvalue weighted by atomic mass is 9.61. The van der Waals surface area contributed by atoms with Crippen LogP contribution in [0.2, 0.25) is 0 Å². The van der Waals surface area contributed by atoms with Gasteiger partial charge in [-0.1, -0.05) is 37.5 Å². The molecule has 5 nitrogen and oxygen atoms in total. The number of aromatic hydroxyl groups is 2. The maximum Gasteiger partial charge on any atom is 0.302 e. The van der Waals surface area contributed by atoms with E-state index in [0.29, 0.717) is 12.0 Å². The predicted octanol–water partition coefficient (Wildman–Crippen LogP) is 6.55. The van der Waals surface area contributed by atoms with Crippen LogP contribution in [0, 0.1) is 17.2 Å². The van der Waals surface area contributed by atoms with E-state index in [9.17, 15) is 15.0 Å². The second-order valence-corrected chi connectivity index (χ2v) is 9.90. The van der Waals surface area contributed by atoms with Crippen molar-refractivity contribution in [3.63, 3.8) is 0 Å². The Labute approximate surface area is 197 Å². The van der Waals surface area contributed by atoms with Gasteiger partial charge in [0, 0.05) is 24.8 Å². The van der Waals surface area contributed by atoms with Crippen LogP contribution in [0.1, 0.15) is 95.1 Å². The van der Waals surface area contributed by atoms with E-state index in [0.717, 1.165) is 74.5 Å². The minimum absolute atomic E-state index is 0.0107. The molecule has 0 aromatic heterocycles. The highest BCUT2D eigenvalue weighted by atomic mass is 16.5. The molecular formula is C28H37NO4. The Morgan fingerprint density at radius 1 is 1.21 bits per heavy atom. The lowest BCUT2D eigenvalue weighted by Crippen LogP contribution is -2.34. The second-order valence-electron chi connectivity index (χ2n) is 9.90. The van der Waals surface area contributed by atoms with Gasteiger partial charge in [0.25, 0.3) is 0 Å². The van der Waals surface area contributed by atoms with Crippen LogP contribution in [0.5, 0.6) is 11.5 Å². The molecule has 0 saturated heterocycles. The average molecular weight is 452 g/mol. The summed E-state index contributed by atoms with van der Waals surface area (Å²) in [7, 11) is 0. The van der Waals surface area contributed by atoms with Crippen LogP contribution in [0.3, 0.4) is 0 Å². The van der Waals surface area contributed by atoms with Gasteiger partial charge in [0.15, 0.2) is 0 Å². The Bertz CT molecular complexity index is 928. The molecule has 0 aliphatic heterocycles. The van der Waals surface area contributed by atoms with E-state index in [1.165, 1.54) is 6.92 Å². The first-order valence-corrected chi connectivity index (χ1v) is 12.2. The summed E-state index contributed by atoms with van der Waals surface area (Å²) in [5.41, 5.74) is 3.58. The molecule has 0 radical (unpaired) electrons. The van der Waals surface area contributed by atoms with Crippen LogP contribution in [-0.4, -0.2) is 22.8 Å². The monoisotopic (exact) mass is 451 g/mol. The first-order chi connectivity index (χ1) is 15.8. The van der Waals surface area contributed by atoms with Gasteiger partial charge in [-0.05, 0) is 80.1 Å². The first kappa shape index (κ1) is 24.9. The van der Waals surface area contributed by atoms with Crippen molar-refractivity contribution in [3.05, 3.63) is 47.1 Å². The van der Waals surface area contributed by atoms with Crippen molar-refractivity contribution < 1.29 is 19.7 Å². The molecule has 1 fully saturated rings. The zero-order chi connectivity index (χ0) is 24.0. The van der Waals surface area contributed by atoms with Gasteiger partial charge in [0.05, 0.1) is 6.07 Å². The zero-order valence-corrected chi connectivity index (χ0v) is 20.0. The molecule has 2 atom stereocenters. The number of hydrogen-bond donors (Lipinski definition) is 2. The largest absolute Gasteiger partial charge is 0.507 e. The molecule has 0 unspecified atom stereocenters. The molecular weight excluding hydrogens is 414 g/mol. The van der Waals surface area contributed by atoms with Gasteiger partial charge in [-0.25, -0.2) is 0 Å². The number of benzene rings is 1. The quantitative estimate of drug-likeness (QED) is 0.239. The fraction of sp³-hybridized carbons (Fsp3) is 0.571. The number of rotatable bonds is 10. The molecule has 33 heavy (non-hydrogen) atoms. The van der Waals surface area contributed by atoms with E-state index < -0.39 is 0 Å². The van der Waals surface area contributed by atoms with Gasteiger partial charge in [-0.2, -0.15) is 5.26 Å². The molecule has 1 aromatic rings. The highest BCUT2D eigenvalue weighted by Crippen LogP contribution is 2.52. The van der Waals surface area contributed by atoms with Crippen molar-refractivity contribution in [2.24, 2.45) is 5.92 Å².